The van der Waals surface area contributed by atoms with Crippen molar-refractivity contribution in [2.45, 2.75) is 58.4 Å². The molecule has 1 aliphatic carbocycles. The van der Waals surface area contributed by atoms with E-state index < -0.39 is 29.4 Å². The summed E-state index contributed by atoms with van der Waals surface area (Å²) in [6.07, 6.45) is 1.77. The average Bonchev–Trinajstić information content (AvgIpc) is 3.17. The maximum Gasteiger partial charge on any atom is 0.407 e. The van der Waals surface area contributed by atoms with Gasteiger partial charge in [0.25, 0.3) is 0 Å². The molecule has 0 saturated heterocycles. The van der Waals surface area contributed by atoms with Crippen LogP contribution in [0.25, 0.3) is 11.1 Å². The Morgan fingerprint density at radius 3 is 2.15 bits per heavy atom. The summed E-state index contributed by atoms with van der Waals surface area (Å²) in [5, 5.41) is 14.8. The molecule has 2 amide bonds. The summed E-state index contributed by atoms with van der Waals surface area (Å²) in [5.41, 5.74) is 3.46. The van der Waals surface area contributed by atoms with Crippen molar-refractivity contribution in [3.05, 3.63) is 59.7 Å². The first-order valence-corrected chi connectivity index (χ1v) is 11.9. The molecule has 3 N–H and O–H groups in total. The molecule has 7 heteroatoms. The highest BCUT2D eigenvalue weighted by Crippen LogP contribution is 2.44. The first-order valence-electron chi connectivity index (χ1n) is 11.9. The molecule has 182 valence electrons. The number of nitrogens with one attached hydrogen (secondary N) is 2. The van der Waals surface area contributed by atoms with E-state index in [9.17, 15) is 19.5 Å². The third-order valence-corrected chi connectivity index (χ3v) is 6.75. The van der Waals surface area contributed by atoms with Crippen LogP contribution in [0.5, 0.6) is 0 Å². The molecule has 0 heterocycles. The highest BCUT2D eigenvalue weighted by Gasteiger charge is 2.33. The quantitative estimate of drug-likeness (QED) is 0.445. The Morgan fingerprint density at radius 1 is 1.03 bits per heavy atom. The fraction of sp³-hybridized carbons (Fsp3) is 0.444. The van der Waals surface area contributed by atoms with E-state index in [1.807, 2.05) is 43.3 Å². The number of ether oxygens (including phenoxy) is 1. The molecule has 0 fully saturated rings. The van der Waals surface area contributed by atoms with Crippen molar-refractivity contribution in [3.8, 4) is 11.1 Å². The van der Waals surface area contributed by atoms with Gasteiger partial charge in [0.2, 0.25) is 5.91 Å². The largest absolute Gasteiger partial charge is 0.481 e. The van der Waals surface area contributed by atoms with Crippen molar-refractivity contribution in [3.63, 3.8) is 0 Å². The SMILES string of the molecule is CCCC[C@H](NC(=O)OCC1c2ccccc2-c2ccccc21)C(=O)NCC(C)(CC)C(=O)O. The molecule has 3 rings (SSSR count). The molecule has 0 aromatic heterocycles. The number of hydrogen-bond acceptors (Lipinski definition) is 4. The van der Waals surface area contributed by atoms with Gasteiger partial charge >= 0.3 is 12.1 Å². The Hall–Kier alpha value is -3.35. The van der Waals surface area contributed by atoms with E-state index in [0.29, 0.717) is 12.8 Å². The second-order valence-electron chi connectivity index (χ2n) is 9.10. The van der Waals surface area contributed by atoms with E-state index in [1.54, 1.807) is 13.8 Å². The van der Waals surface area contributed by atoms with Crippen LogP contribution in [0.1, 0.15) is 63.5 Å². The number of fused-ring (bicyclic) bond motifs is 3. The van der Waals surface area contributed by atoms with Crippen LogP contribution < -0.4 is 10.6 Å². The summed E-state index contributed by atoms with van der Waals surface area (Å²) in [4.78, 5) is 37.0. The summed E-state index contributed by atoms with van der Waals surface area (Å²) >= 11 is 0. The van der Waals surface area contributed by atoms with Gasteiger partial charge in [-0.15, -0.1) is 0 Å². The van der Waals surface area contributed by atoms with Crippen molar-refractivity contribution in [2.75, 3.05) is 13.2 Å². The van der Waals surface area contributed by atoms with Gasteiger partial charge in [0.1, 0.15) is 12.6 Å². The predicted molar refractivity (Wildman–Crippen MR) is 131 cm³/mol. The topological polar surface area (TPSA) is 105 Å². The second kappa shape index (κ2) is 11.2. The van der Waals surface area contributed by atoms with Crippen LogP contribution >= 0.6 is 0 Å². The zero-order valence-corrected chi connectivity index (χ0v) is 20.1. The molecule has 0 saturated carbocycles. The zero-order chi connectivity index (χ0) is 24.7. The van der Waals surface area contributed by atoms with Crippen molar-refractivity contribution >= 4 is 18.0 Å². The van der Waals surface area contributed by atoms with E-state index in [-0.39, 0.29) is 19.1 Å². The minimum atomic E-state index is -1.06. The van der Waals surface area contributed by atoms with Crippen molar-refractivity contribution in [1.29, 1.82) is 0 Å². The number of rotatable bonds is 11. The molecular formula is C27H34N2O5. The van der Waals surface area contributed by atoms with Gasteiger partial charge in [-0.05, 0) is 42.0 Å². The van der Waals surface area contributed by atoms with E-state index in [1.165, 1.54) is 0 Å². The lowest BCUT2D eigenvalue weighted by molar-refractivity contribution is -0.148. The van der Waals surface area contributed by atoms with Crippen molar-refractivity contribution in [2.24, 2.45) is 5.41 Å². The van der Waals surface area contributed by atoms with Gasteiger partial charge in [-0.1, -0.05) is 75.2 Å². The van der Waals surface area contributed by atoms with Crippen LogP contribution in [0.3, 0.4) is 0 Å². The summed E-state index contributed by atoms with van der Waals surface area (Å²) in [5.74, 6) is -1.44. The first-order chi connectivity index (χ1) is 16.3. The Bertz CT molecular complexity index is 992. The summed E-state index contributed by atoms with van der Waals surface area (Å²) in [6, 6.07) is 15.4. The number of hydrogen-bond donors (Lipinski definition) is 3. The molecule has 2 atom stereocenters. The first kappa shape index (κ1) is 25.3. The maximum absolute atomic E-state index is 12.8. The number of aliphatic carboxylic acids is 1. The molecule has 7 nitrogen and oxygen atoms in total. The highest BCUT2D eigenvalue weighted by atomic mass is 16.5. The number of alkyl carbamates (subject to hydrolysis) is 1. The van der Waals surface area contributed by atoms with Crippen LogP contribution in [0.15, 0.2) is 48.5 Å². The van der Waals surface area contributed by atoms with Crippen molar-refractivity contribution < 1.29 is 24.2 Å². The number of unbranched alkanes of at least 4 members (excludes halogenated alkanes) is 1. The molecule has 34 heavy (non-hydrogen) atoms. The highest BCUT2D eigenvalue weighted by molar-refractivity contribution is 5.86. The monoisotopic (exact) mass is 466 g/mol. The number of benzene rings is 2. The fourth-order valence-corrected chi connectivity index (χ4v) is 4.22. The summed E-state index contributed by atoms with van der Waals surface area (Å²) < 4.78 is 5.58. The standard InChI is InChI=1S/C27H34N2O5/c1-4-6-15-23(24(30)28-17-27(3,5-2)25(31)32)29-26(33)34-16-22-20-13-9-7-11-18(20)19-12-8-10-14-21(19)22/h7-14,22-23H,4-6,15-17H2,1-3H3,(H,28,30)(H,29,33)(H,31,32)/t23-,27?/m0/s1. The number of carboxylic acids is 1. The van der Waals surface area contributed by atoms with Crippen molar-refractivity contribution in [1.82, 2.24) is 10.6 Å². The van der Waals surface area contributed by atoms with Gasteiger partial charge in [-0.2, -0.15) is 0 Å². The third kappa shape index (κ3) is 5.58. The van der Waals surface area contributed by atoms with Gasteiger partial charge < -0.3 is 20.5 Å². The molecule has 2 aromatic rings. The van der Waals surface area contributed by atoms with Gasteiger partial charge in [0.05, 0.1) is 5.41 Å². The van der Waals surface area contributed by atoms with E-state index >= 15 is 0 Å². The summed E-state index contributed by atoms with van der Waals surface area (Å²) in [7, 11) is 0. The van der Waals surface area contributed by atoms with Gasteiger partial charge in [0, 0.05) is 12.5 Å². The number of carboxylic acid groups (broad SMARTS) is 1. The molecule has 0 aliphatic heterocycles. The number of carbonyl (C=O) groups is 3. The molecule has 0 radical (unpaired) electrons. The van der Waals surface area contributed by atoms with Crippen LogP contribution in [0, 0.1) is 5.41 Å². The lowest BCUT2D eigenvalue weighted by Crippen LogP contribution is -2.50. The average molecular weight is 467 g/mol. The second-order valence-corrected chi connectivity index (χ2v) is 9.10. The van der Waals surface area contributed by atoms with E-state index in [2.05, 4.69) is 22.8 Å². The Balaban J connectivity index is 1.63. The Kier molecular flexibility index (Phi) is 8.31. The predicted octanol–water partition coefficient (Wildman–Crippen LogP) is 4.70. The van der Waals surface area contributed by atoms with E-state index in [0.717, 1.165) is 35.1 Å². The molecular weight excluding hydrogens is 432 g/mol. The number of amides is 2. The molecule has 1 aliphatic rings. The Labute approximate surface area is 200 Å². The molecule has 2 aromatic carbocycles. The molecule has 0 spiro atoms. The maximum atomic E-state index is 12.8. The molecule has 1 unspecified atom stereocenters. The van der Waals surface area contributed by atoms with Crippen LogP contribution in [0.4, 0.5) is 4.79 Å². The van der Waals surface area contributed by atoms with Crippen LogP contribution in [-0.4, -0.2) is 42.3 Å². The minimum Gasteiger partial charge on any atom is -0.481 e. The fourth-order valence-electron chi connectivity index (χ4n) is 4.22. The normalized spacial score (nSPS) is 14.9. The smallest absolute Gasteiger partial charge is 0.407 e. The minimum absolute atomic E-state index is 0.00728. The molecule has 0 bridgehead atoms. The third-order valence-electron chi connectivity index (χ3n) is 6.75. The lowest BCUT2D eigenvalue weighted by atomic mass is 9.87. The van der Waals surface area contributed by atoms with Gasteiger partial charge in [0.15, 0.2) is 0 Å². The van der Waals surface area contributed by atoms with Gasteiger partial charge in [-0.3, -0.25) is 9.59 Å². The van der Waals surface area contributed by atoms with E-state index in [4.69, 9.17) is 4.74 Å². The van der Waals surface area contributed by atoms with Crippen LogP contribution in [0.2, 0.25) is 0 Å². The summed E-state index contributed by atoms with van der Waals surface area (Å²) in [6.45, 7) is 5.52. The number of carbonyl (C=O) groups excluding carboxylic acids is 2. The lowest BCUT2D eigenvalue weighted by Gasteiger charge is -2.25. The van der Waals surface area contributed by atoms with Crippen LogP contribution in [-0.2, 0) is 14.3 Å². The Morgan fingerprint density at radius 2 is 1.62 bits per heavy atom. The van der Waals surface area contributed by atoms with Gasteiger partial charge in [-0.25, -0.2) is 4.79 Å². The zero-order valence-electron chi connectivity index (χ0n) is 20.1.